The summed E-state index contributed by atoms with van der Waals surface area (Å²) in [5.41, 5.74) is 1.44. The van der Waals surface area contributed by atoms with E-state index in [4.69, 9.17) is 10.00 Å². The molecule has 0 unspecified atom stereocenters. The summed E-state index contributed by atoms with van der Waals surface area (Å²) in [5.74, 6) is -0.121. The van der Waals surface area contributed by atoms with Crippen molar-refractivity contribution in [3.05, 3.63) is 59.9 Å². The Morgan fingerprint density at radius 1 is 1.16 bits per heavy atom. The lowest BCUT2D eigenvalue weighted by atomic mass is 10.2. The van der Waals surface area contributed by atoms with Gasteiger partial charge in [-0.2, -0.15) is 5.26 Å². The molecule has 0 saturated carbocycles. The summed E-state index contributed by atoms with van der Waals surface area (Å²) in [7, 11) is 0. The number of benzene rings is 2. The number of hydrogen-bond acceptors (Lipinski definition) is 3. The number of nitrogens with one attached hydrogen (secondary N) is 1. The van der Waals surface area contributed by atoms with E-state index >= 15 is 0 Å². The van der Waals surface area contributed by atoms with E-state index in [1.165, 1.54) is 6.07 Å². The summed E-state index contributed by atoms with van der Waals surface area (Å²) in [4.78, 5) is 0. The Balaban J connectivity index is 1.81. The third-order valence-electron chi connectivity index (χ3n) is 2.52. The lowest BCUT2D eigenvalue weighted by Crippen LogP contribution is -2.12. The second-order valence-corrected chi connectivity index (χ2v) is 3.90. The van der Waals surface area contributed by atoms with Crippen molar-refractivity contribution in [1.29, 1.82) is 5.26 Å². The lowest BCUT2D eigenvalue weighted by molar-refractivity contribution is 0.315. The number of nitriles is 1. The predicted octanol–water partition coefficient (Wildman–Crippen LogP) is 3.19. The van der Waals surface area contributed by atoms with E-state index in [0.29, 0.717) is 18.7 Å². The van der Waals surface area contributed by atoms with Gasteiger partial charge in [-0.15, -0.1) is 0 Å². The van der Waals surface area contributed by atoms with E-state index < -0.39 is 0 Å². The number of hydrogen-bond donors (Lipinski definition) is 1. The maximum atomic E-state index is 13.3. The molecule has 0 amide bonds. The number of ether oxygens (including phenoxy) is 1. The minimum Gasteiger partial charge on any atom is -0.489 e. The highest BCUT2D eigenvalue weighted by atomic mass is 19.1. The van der Waals surface area contributed by atoms with Crippen molar-refractivity contribution in [3.63, 3.8) is 0 Å². The molecule has 0 aliphatic carbocycles. The van der Waals surface area contributed by atoms with Gasteiger partial charge in [0.15, 0.2) is 11.6 Å². The van der Waals surface area contributed by atoms with Gasteiger partial charge in [-0.25, -0.2) is 4.39 Å². The molecule has 0 radical (unpaired) electrons. The van der Waals surface area contributed by atoms with E-state index in [0.717, 1.165) is 5.69 Å². The molecule has 19 heavy (non-hydrogen) atoms. The van der Waals surface area contributed by atoms with Crippen LogP contribution in [0, 0.1) is 17.1 Å². The van der Waals surface area contributed by atoms with Crippen molar-refractivity contribution >= 4 is 5.69 Å². The zero-order valence-electron chi connectivity index (χ0n) is 10.3. The van der Waals surface area contributed by atoms with Crippen LogP contribution in [0.4, 0.5) is 10.1 Å². The van der Waals surface area contributed by atoms with Crippen LogP contribution < -0.4 is 10.1 Å². The topological polar surface area (TPSA) is 45.0 Å². The van der Waals surface area contributed by atoms with Gasteiger partial charge in [-0.1, -0.05) is 18.2 Å². The predicted molar refractivity (Wildman–Crippen MR) is 71.5 cm³/mol. The molecule has 0 fully saturated rings. The summed E-state index contributed by atoms with van der Waals surface area (Å²) in [5, 5.41) is 11.9. The van der Waals surface area contributed by atoms with Crippen LogP contribution in [0.2, 0.25) is 0 Å². The molecule has 2 rings (SSSR count). The Hall–Kier alpha value is -2.54. The molecule has 0 heterocycles. The van der Waals surface area contributed by atoms with E-state index in [1.807, 2.05) is 6.07 Å². The quantitative estimate of drug-likeness (QED) is 0.835. The Bertz CT molecular complexity index is 593. The Labute approximate surface area is 111 Å². The highest BCUT2D eigenvalue weighted by Gasteiger charge is 2.00. The highest BCUT2D eigenvalue weighted by molar-refractivity contribution is 5.49. The third-order valence-corrected chi connectivity index (χ3v) is 2.52. The number of anilines is 1. The van der Waals surface area contributed by atoms with Gasteiger partial charge in [0, 0.05) is 12.2 Å². The fourth-order valence-electron chi connectivity index (χ4n) is 1.62. The van der Waals surface area contributed by atoms with Gasteiger partial charge >= 0.3 is 0 Å². The molecule has 1 N–H and O–H groups in total. The lowest BCUT2D eigenvalue weighted by Gasteiger charge is -2.09. The summed E-state index contributed by atoms with van der Waals surface area (Å²) in [6, 6.07) is 15.5. The summed E-state index contributed by atoms with van der Waals surface area (Å²) < 4.78 is 18.6. The Morgan fingerprint density at radius 2 is 2.00 bits per heavy atom. The van der Waals surface area contributed by atoms with E-state index in [9.17, 15) is 4.39 Å². The molecule has 0 aliphatic rings. The van der Waals surface area contributed by atoms with Crippen LogP contribution in [0.15, 0.2) is 48.5 Å². The Kier molecular flexibility index (Phi) is 4.35. The molecule has 96 valence electrons. The molecule has 4 heteroatoms. The Morgan fingerprint density at radius 3 is 2.79 bits per heavy atom. The van der Waals surface area contributed by atoms with Gasteiger partial charge in [0.1, 0.15) is 6.61 Å². The van der Waals surface area contributed by atoms with Crippen LogP contribution in [-0.4, -0.2) is 13.2 Å². The van der Waals surface area contributed by atoms with Gasteiger partial charge in [0.2, 0.25) is 0 Å². The van der Waals surface area contributed by atoms with Crippen LogP contribution in [-0.2, 0) is 0 Å². The average Bonchev–Trinajstić information content (AvgIpc) is 2.45. The van der Waals surface area contributed by atoms with Gasteiger partial charge in [-0.3, -0.25) is 0 Å². The number of halogens is 1. The fourth-order valence-corrected chi connectivity index (χ4v) is 1.62. The monoisotopic (exact) mass is 256 g/mol. The van der Waals surface area contributed by atoms with Gasteiger partial charge in [0.25, 0.3) is 0 Å². The number of para-hydroxylation sites is 1. The summed E-state index contributed by atoms with van der Waals surface area (Å²) in [6.07, 6.45) is 0. The molecule has 3 nitrogen and oxygen atoms in total. The molecule has 0 aliphatic heterocycles. The molecule has 0 spiro atoms. The SMILES string of the molecule is N#Cc1cccc(NCCOc2ccccc2F)c1. The van der Waals surface area contributed by atoms with Gasteiger partial charge in [0.05, 0.1) is 11.6 Å². The van der Waals surface area contributed by atoms with Crippen molar-refractivity contribution < 1.29 is 9.13 Å². The highest BCUT2D eigenvalue weighted by Crippen LogP contribution is 2.15. The molecular weight excluding hydrogens is 243 g/mol. The molecule has 0 aromatic heterocycles. The van der Waals surface area contributed by atoms with Gasteiger partial charge < -0.3 is 10.1 Å². The van der Waals surface area contributed by atoms with Gasteiger partial charge in [-0.05, 0) is 30.3 Å². The van der Waals surface area contributed by atoms with Crippen LogP contribution in [0.3, 0.4) is 0 Å². The standard InChI is InChI=1S/C15H13FN2O/c16-14-6-1-2-7-15(14)19-9-8-18-13-5-3-4-12(10-13)11-17/h1-7,10,18H,8-9H2. The van der Waals surface area contributed by atoms with E-state index in [2.05, 4.69) is 11.4 Å². The number of rotatable bonds is 5. The first-order chi connectivity index (χ1) is 9.29. The third kappa shape index (κ3) is 3.71. The second kappa shape index (κ2) is 6.41. The second-order valence-electron chi connectivity index (χ2n) is 3.90. The summed E-state index contributed by atoms with van der Waals surface area (Å²) >= 11 is 0. The van der Waals surface area contributed by atoms with Crippen molar-refractivity contribution in [1.82, 2.24) is 0 Å². The zero-order chi connectivity index (χ0) is 13.5. The first-order valence-corrected chi connectivity index (χ1v) is 5.91. The molecule has 2 aromatic carbocycles. The van der Waals surface area contributed by atoms with Crippen LogP contribution in [0.5, 0.6) is 5.75 Å². The van der Waals surface area contributed by atoms with Crippen LogP contribution in [0.1, 0.15) is 5.56 Å². The molecule has 2 aromatic rings. The molecule has 0 atom stereocenters. The van der Waals surface area contributed by atoms with Crippen molar-refractivity contribution in [2.24, 2.45) is 0 Å². The fraction of sp³-hybridized carbons (Fsp3) is 0.133. The molecular formula is C15H13FN2O. The first-order valence-electron chi connectivity index (χ1n) is 5.91. The molecule has 0 bridgehead atoms. The largest absolute Gasteiger partial charge is 0.489 e. The van der Waals surface area contributed by atoms with Crippen molar-refractivity contribution in [2.45, 2.75) is 0 Å². The summed E-state index contributed by atoms with van der Waals surface area (Å²) in [6.45, 7) is 0.876. The zero-order valence-corrected chi connectivity index (χ0v) is 10.3. The van der Waals surface area contributed by atoms with Crippen LogP contribution >= 0.6 is 0 Å². The van der Waals surface area contributed by atoms with E-state index in [1.54, 1.807) is 36.4 Å². The first kappa shape index (κ1) is 12.9. The smallest absolute Gasteiger partial charge is 0.165 e. The van der Waals surface area contributed by atoms with Crippen molar-refractivity contribution in [2.75, 3.05) is 18.5 Å². The molecule has 0 saturated heterocycles. The maximum Gasteiger partial charge on any atom is 0.165 e. The minimum atomic E-state index is -0.367. The normalized spacial score (nSPS) is 9.68. The average molecular weight is 256 g/mol. The van der Waals surface area contributed by atoms with Crippen molar-refractivity contribution in [3.8, 4) is 11.8 Å². The van der Waals surface area contributed by atoms with E-state index in [-0.39, 0.29) is 11.6 Å². The van der Waals surface area contributed by atoms with Crippen LogP contribution in [0.25, 0.3) is 0 Å². The maximum absolute atomic E-state index is 13.3. The number of nitrogens with zero attached hydrogens (tertiary/aromatic N) is 1. The minimum absolute atomic E-state index is 0.245.